The van der Waals surface area contributed by atoms with Crippen LogP contribution < -0.4 is 19.6 Å². The van der Waals surface area contributed by atoms with E-state index in [1.54, 1.807) is 29.7 Å². The van der Waals surface area contributed by atoms with E-state index in [1.165, 1.54) is 23.5 Å². The fraction of sp³-hybridized carbons (Fsp3) is 0.114. The van der Waals surface area contributed by atoms with Crippen molar-refractivity contribution in [1.29, 1.82) is 0 Å². The van der Waals surface area contributed by atoms with Crippen LogP contribution in [-0.2, 0) is 16.1 Å². The summed E-state index contributed by atoms with van der Waals surface area (Å²) in [6.45, 7) is 2.15. The Labute approximate surface area is 284 Å². The number of hydrogen-bond acceptors (Lipinski definition) is 6. The van der Waals surface area contributed by atoms with Gasteiger partial charge in [0.2, 0.25) is 0 Å². The number of hydrogen-bond donors (Lipinski definition) is 0. The van der Waals surface area contributed by atoms with Crippen LogP contribution in [0.5, 0.6) is 5.75 Å². The van der Waals surface area contributed by atoms with Gasteiger partial charge in [0.25, 0.3) is 5.56 Å². The van der Waals surface area contributed by atoms with Crippen molar-refractivity contribution in [3.05, 3.63) is 158 Å². The number of rotatable bonds is 8. The SMILES string of the molecule is CCOC(=O)C1=C(c2ccccc2)N=c2s/c(=C\c3cc(Br)cc(I)c3OCc3ccc(F)cc3)c(=O)n2[C@@H]1c1ccccc1. The molecule has 0 bridgehead atoms. The molecule has 6 nitrogen and oxygen atoms in total. The Kier molecular flexibility index (Phi) is 9.43. The Bertz CT molecular complexity index is 2100. The number of ether oxygens (including phenoxy) is 2. The number of aromatic nitrogens is 1. The lowest BCUT2D eigenvalue weighted by molar-refractivity contribution is -0.138. The molecule has 1 atom stereocenters. The summed E-state index contributed by atoms with van der Waals surface area (Å²) in [6, 6.07) is 28.1. The topological polar surface area (TPSA) is 69.9 Å². The number of esters is 1. The van der Waals surface area contributed by atoms with Gasteiger partial charge in [-0.1, -0.05) is 100 Å². The van der Waals surface area contributed by atoms with Crippen molar-refractivity contribution in [1.82, 2.24) is 4.57 Å². The van der Waals surface area contributed by atoms with Gasteiger partial charge >= 0.3 is 5.97 Å². The van der Waals surface area contributed by atoms with Crippen molar-refractivity contribution >= 4 is 67.6 Å². The molecule has 0 saturated heterocycles. The minimum Gasteiger partial charge on any atom is -0.487 e. The van der Waals surface area contributed by atoms with Crippen LogP contribution in [0.1, 0.15) is 35.2 Å². The van der Waals surface area contributed by atoms with Crippen LogP contribution in [0.15, 0.2) is 117 Å². The van der Waals surface area contributed by atoms with Crippen molar-refractivity contribution < 1.29 is 18.7 Å². The summed E-state index contributed by atoms with van der Waals surface area (Å²) in [5.74, 6) is -0.254. The number of thiazole rings is 1. The third-order valence-electron chi connectivity index (χ3n) is 7.11. The quantitative estimate of drug-likeness (QED) is 0.125. The number of nitrogens with zero attached hydrogens (tertiary/aromatic N) is 2. The highest BCUT2D eigenvalue weighted by molar-refractivity contribution is 14.1. The van der Waals surface area contributed by atoms with Gasteiger partial charge in [0.15, 0.2) is 4.80 Å². The van der Waals surface area contributed by atoms with Crippen LogP contribution in [-0.4, -0.2) is 17.1 Å². The molecule has 10 heteroatoms. The molecule has 1 aromatic heterocycles. The van der Waals surface area contributed by atoms with Gasteiger partial charge in [0.05, 0.1) is 32.0 Å². The van der Waals surface area contributed by atoms with Crippen molar-refractivity contribution in [3.8, 4) is 5.75 Å². The van der Waals surface area contributed by atoms with Crippen LogP contribution in [0.2, 0.25) is 0 Å². The first kappa shape index (κ1) is 31.1. The molecule has 226 valence electrons. The number of benzene rings is 4. The maximum Gasteiger partial charge on any atom is 0.338 e. The molecular formula is C35H25BrFIN2O4S. The van der Waals surface area contributed by atoms with Gasteiger partial charge in [0, 0.05) is 15.6 Å². The van der Waals surface area contributed by atoms with Gasteiger partial charge in [-0.15, -0.1) is 0 Å². The highest BCUT2D eigenvalue weighted by atomic mass is 127. The first-order valence-electron chi connectivity index (χ1n) is 14.0. The number of carbonyl (C=O) groups excluding carboxylic acids is 1. The molecule has 6 rings (SSSR count). The molecule has 4 aromatic carbocycles. The molecule has 0 radical (unpaired) electrons. The van der Waals surface area contributed by atoms with Crippen molar-refractivity contribution in [2.75, 3.05) is 6.61 Å². The summed E-state index contributed by atoms with van der Waals surface area (Å²) < 4.78 is 28.9. The number of fused-ring (bicyclic) bond motifs is 1. The van der Waals surface area contributed by atoms with Gasteiger partial charge in [-0.3, -0.25) is 9.36 Å². The predicted octanol–water partition coefficient (Wildman–Crippen LogP) is 7.02. The van der Waals surface area contributed by atoms with E-state index in [9.17, 15) is 14.0 Å². The van der Waals surface area contributed by atoms with Gasteiger partial charge in [-0.05, 0) is 71.0 Å². The second-order valence-corrected chi connectivity index (χ2v) is 13.2. The highest BCUT2D eigenvalue weighted by Gasteiger charge is 2.35. The summed E-state index contributed by atoms with van der Waals surface area (Å²) in [5.41, 5.74) is 3.48. The zero-order valence-corrected chi connectivity index (χ0v) is 28.4. The van der Waals surface area contributed by atoms with E-state index in [0.717, 1.165) is 24.7 Å². The Morgan fingerprint density at radius 2 is 1.73 bits per heavy atom. The largest absolute Gasteiger partial charge is 0.487 e. The zero-order chi connectivity index (χ0) is 31.5. The molecule has 1 aliphatic rings. The summed E-state index contributed by atoms with van der Waals surface area (Å²) in [4.78, 5) is 33.3. The zero-order valence-electron chi connectivity index (χ0n) is 23.9. The monoisotopic (exact) mass is 794 g/mol. The van der Waals surface area contributed by atoms with Crippen molar-refractivity contribution in [2.24, 2.45) is 4.99 Å². The van der Waals surface area contributed by atoms with Gasteiger partial charge in [-0.2, -0.15) is 0 Å². The molecule has 0 saturated carbocycles. The molecule has 1 aliphatic heterocycles. The molecule has 0 unspecified atom stereocenters. The maximum absolute atomic E-state index is 14.3. The van der Waals surface area contributed by atoms with Crippen LogP contribution >= 0.6 is 49.9 Å². The molecular weight excluding hydrogens is 770 g/mol. The fourth-order valence-electron chi connectivity index (χ4n) is 5.11. The fourth-order valence-corrected chi connectivity index (χ4v) is 7.81. The minimum atomic E-state index is -0.754. The smallest absolute Gasteiger partial charge is 0.338 e. The van der Waals surface area contributed by atoms with E-state index >= 15 is 0 Å². The molecule has 0 fully saturated rings. The molecule has 0 aliphatic carbocycles. The average molecular weight is 795 g/mol. The van der Waals surface area contributed by atoms with E-state index in [4.69, 9.17) is 14.5 Å². The maximum atomic E-state index is 14.3. The Balaban J connectivity index is 1.54. The van der Waals surface area contributed by atoms with Crippen molar-refractivity contribution in [2.45, 2.75) is 19.6 Å². The Morgan fingerprint density at radius 1 is 1.04 bits per heavy atom. The third-order valence-corrected chi connectivity index (χ3v) is 9.35. The molecule has 5 aromatic rings. The van der Waals surface area contributed by atoms with E-state index in [2.05, 4.69) is 38.5 Å². The summed E-state index contributed by atoms with van der Waals surface area (Å²) >= 11 is 7.01. The normalized spacial score (nSPS) is 14.6. The lowest BCUT2D eigenvalue weighted by atomic mass is 9.93. The second kappa shape index (κ2) is 13.6. The van der Waals surface area contributed by atoms with Gasteiger partial charge in [-0.25, -0.2) is 14.2 Å². The van der Waals surface area contributed by atoms with Crippen molar-refractivity contribution in [3.63, 3.8) is 0 Å². The van der Waals surface area contributed by atoms with E-state index in [0.29, 0.717) is 31.9 Å². The molecule has 0 amide bonds. The molecule has 0 spiro atoms. The lowest BCUT2D eigenvalue weighted by Crippen LogP contribution is -2.40. The Morgan fingerprint density at radius 3 is 2.42 bits per heavy atom. The predicted molar refractivity (Wildman–Crippen MR) is 185 cm³/mol. The van der Waals surface area contributed by atoms with Crippen LogP contribution in [0, 0.1) is 9.39 Å². The van der Waals surface area contributed by atoms with Crippen LogP contribution in [0.4, 0.5) is 4.39 Å². The van der Waals surface area contributed by atoms with Crippen LogP contribution in [0.25, 0.3) is 11.8 Å². The summed E-state index contributed by atoms with van der Waals surface area (Å²) in [6.07, 6.45) is 1.79. The highest BCUT2D eigenvalue weighted by Crippen LogP contribution is 2.35. The lowest BCUT2D eigenvalue weighted by Gasteiger charge is -2.25. The minimum absolute atomic E-state index is 0.179. The standard InChI is InChI=1S/C35H25BrFIN2O4S/c1-2-43-34(42)29-30(22-9-5-3-6-10-22)39-35-40(31(29)23-11-7-4-8-12-23)33(41)28(45-35)18-24-17-25(36)19-27(38)32(24)44-20-21-13-15-26(37)16-14-21/h3-19,31H,2,20H2,1H3/b28-18-/t31-/m1/s1. The number of carbonyl (C=O) groups is 1. The molecule has 45 heavy (non-hydrogen) atoms. The molecule has 0 N–H and O–H groups in total. The first-order valence-corrected chi connectivity index (χ1v) is 16.7. The summed E-state index contributed by atoms with van der Waals surface area (Å²) in [7, 11) is 0. The van der Waals surface area contributed by atoms with E-state index < -0.39 is 12.0 Å². The Hall–Kier alpha value is -3.87. The first-order chi connectivity index (χ1) is 21.8. The van der Waals surface area contributed by atoms with Gasteiger partial charge in [0.1, 0.15) is 18.2 Å². The summed E-state index contributed by atoms with van der Waals surface area (Å²) in [5, 5.41) is 0. The molecule has 2 heterocycles. The van der Waals surface area contributed by atoms with Gasteiger partial charge < -0.3 is 9.47 Å². The third kappa shape index (κ3) is 6.58. The van der Waals surface area contributed by atoms with Crippen LogP contribution in [0.3, 0.4) is 0 Å². The number of halogens is 3. The van der Waals surface area contributed by atoms with E-state index in [1.807, 2.05) is 72.8 Å². The van der Waals surface area contributed by atoms with E-state index in [-0.39, 0.29) is 24.6 Å². The average Bonchev–Trinajstić information content (AvgIpc) is 3.35. The second-order valence-electron chi connectivity index (χ2n) is 10.1.